The summed E-state index contributed by atoms with van der Waals surface area (Å²) in [6.07, 6.45) is 1.07. The molecule has 0 aliphatic rings. The Bertz CT molecular complexity index is 811. The fraction of sp³-hybridized carbons (Fsp3) is 0. The van der Waals surface area contributed by atoms with Gasteiger partial charge in [-0.2, -0.15) is 0 Å². The number of fused-ring (bicyclic) bond motifs is 1. The third-order valence-electron chi connectivity index (χ3n) is 2.76. The van der Waals surface area contributed by atoms with Crippen LogP contribution < -0.4 is 0 Å². The summed E-state index contributed by atoms with van der Waals surface area (Å²) in [5, 5.41) is 14.3. The smallest absolute Gasteiger partial charge is 0.289 e. The third-order valence-corrected chi connectivity index (χ3v) is 2.76. The van der Waals surface area contributed by atoms with Crippen LogP contribution in [0.3, 0.4) is 0 Å². The summed E-state index contributed by atoms with van der Waals surface area (Å²) in [6.45, 7) is 0. The maximum Gasteiger partial charge on any atom is 0.289 e. The van der Waals surface area contributed by atoms with Gasteiger partial charge in [0.2, 0.25) is 11.5 Å². The summed E-state index contributed by atoms with van der Waals surface area (Å²) < 4.78 is 4.98. The van der Waals surface area contributed by atoms with E-state index in [1.165, 1.54) is 6.07 Å². The Balaban J connectivity index is 2.09. The van der Waals surface area contributed by atoms with Crippen LogP contribution in [0.5, 0.6) is 0 Å². The van der Waals surface area contributed by atoms with Gasteiger partial charge in [0.1, 0.15) is 17.2 Å². The van der Waals surface area contributed by atoms with E-state index >= 15 is 0 Å². The number of pyridine rings is 1. The van der Waals surface area contributed by atoms with Gasteiger partial charge in [0.25, 0.3) is 5.69 Å². The van der Waals surface area contributed by atoms with Gasteiger partial charge in [-0.25, -0.2) is 4.98 Å². The Morgan fingerprint density at radius 3 is 2.70 bits per heavy atom. The van der Waals surface area contributed by atoms with Crippen molar-refractivity contribution in [2.45, 2.75) is 0 Å². The Kier molecular flexibility index (Phi) is 2.72. The molecule has 2 heterocycles. The fourth-order valence-electron chi connectivity index (χ4n) is 1.79. The monoisotopic (exact) mass is 269 g/mol. The average Bonchev–Trinajstić information content (AvgIpc) is 2.90. The molecular weight excluding hydrogens is 262 g/mol. The molecule has 20 heavy (non-hydrogen) atoms. The minimum Gasteiger partial charge on any atom is -0.350 e. The number of hydrogen-bond acceptors (Lipinski definition) is 6. The first-order valence-corrected chi connectivity index (χ1v) is 5.66. The quantitative estimate of drug-likeness (QED) is 0.411. The van der Waals surface area contributed by atoms with Crippen LogP contribution in [-0.4, -0.2) is 20.8 Å². The molecule has 2 aromatic heterocycles. The first kappa shape index (κ1) is 12.0. The van der Waals surface area contributed by atoms with E-state index in [9.17, 15) is 14.9 Å². The van der Waals surface area contributed by atoms with Crippen molar-refractivity contribution in [3.8, 4) is 0 Å². The van der Waals surface area contributed by atoms with E-state index < -0.39 is 4.92 Å². The molecule has 0 fully saturated rings. The summed E-state index contributed by atoms with van der Waals surface area (Å²) >= 11 is 0. The molecule has 7 nitrogen and oxygen atoms in total. The zero-order valence-electron chi connectivity index (χ0n) is 10.0. The molecule has 0 bridgehead atoms. The summed E-state index contributed by atoms with van der Waals surface area (Å²) in [6, 6.07) is 9.74. The molecule has 0 atom stereocenters. The minimum atomic E-state index is -0.584. The zero-order valence-corrected chi connectivity index (χ0v) is 10.0. The van der Waals surface area contributed by atoms with Gasteiger partial charge in [-0.1, -0.05) is 35.5 Å². The van der Waals surface area contributed by atoms with Gasteiger partial charge in [0.15, 0.2) is 0 Å². The zero-order chi connectivity index (χ0) is 14.1. The highest BCUT2D eigenvalue weighted by atomic mass is 16.6. The average molecular weight is 269 g/mol. The van der Waals surface area contributed by atoms with Crippen molar-refractivity contribution in [3.63, 3.8) is 0 Å². The van der Waals surface area contributed by atoms with Crippen LogP contribution >= 0.6 is 0 Å². The normalized spacial score (nSPS) is 10.6. The second-order valence-corrected chi connectivity index (χ2v) is 4.03. The summed E-state index contributed by atoms with van der Waals surface area (Å²) in [5.74, 6) is -0.393. The Labute approximate surface area is 112 Å². The highest BCUT2D eigenvalue weighted by Crippen LogP contribution is 2.22. The van der Waals surface area contributed by atoms with E-state index in [0.29, 0.717) is 5.56 Å². The van der Waals surface area contributed by atoms with Crippen LogP contribution in [0.15, 0.2) is 47.1 Å². The van der Waals surface area contributed by atoms with Crippen LogP contribution in [0, 0.1) is 10.1 Å². The number of hydrogen-bond donors (Lipinski definition) is 0. The number of nitrogens with zero attached hydrogens (tertiary/aromatic N) is 3. The predicted octanol–water partition coefficient (Wildman–Crippen LogP) is 2.36. The van der Waals surface area contributed by atoms with Gasteiger partial charge in [-0.3, -0.25) is 14.9 Å². The third kappa shape index (κ3) is 1.91. The maximum atomic E-state index is 12.2. The highest BCUT2D eigenvalue weighted by molar-refractivity contribution is 6.13. The largest absolute Gasteiger partial charge is 0.350 e. The number of ketones is 1. The Morgan fingerprint density at radius 1 is 1.25 bits per heavy atom. The van der Waals surface area contributed by atoms with Gasteiger partial charge in [-0.15, -0.1) is 0 Å². The first-order chi connectivity index (χ1) is 9.66. The predicted molar refractivity (Wildman–Crippen MR) is 68.3 cm³/mol. The van der Waals surface area contributed by atoms with E-state index in [1.807, 2.05) is 0 Å². The second kappa shape index (κ2) is 4.54. The lowest BCUT2D eigenvalue weighted by atomic mass is 10.1. The van der Waals surface area contributed by atoms with Crippen LogP contribution in [0.4, 0.5) is 5.69 Å². The van der Waals surface area contributed by atoms with Crippen molar-refractivity contribution in [2.24, 2.45) is 0 Å². The first-order valence-electron chi connectivity index (χ1n) is 5.66. The number of carbonyl (C=O) groups is 1. The standard InChI is InChI=1S/C13H7N3O4/c17-12(8-4-2-1-3-5-8)13-11-10(15-20-13)6-9(7-14-11)16(18)19/h1-7H. The van der Waals surface area contributed by atoms with Gasteiger partial charge < -0.3 is 4.52 Å². The second-order valence-electron chi connectivity index (χ2n) is 4.03. The Morgan fingerprint density at radius 2 is 2.00 bits per heavy atom. The fourth-order valence-corrected chi connectivity index (χ4v) is 1.79. The number of rotatable bonds is 3. The lowest BCUT2D eigenvalue weighted by molar-refractivity contribution is -0.385. The van der Waals surface area contributed by atoms with Crippen molar-refractivity contribution >= 4 is 22.5 Å². The molecule has 0 N–H and O–H groups in total. The number of carbonyl (C=O) groups excluding carboxylic acids is 1. The lowest BCUT2D eigenvalue weighted by Gasteiger charge is -1.96. The molecule has 1 aromatic carbocycles. The molecule has 0 saturated heterocycles. The van der Waals surface area contributed by atoms with Crippen LogP contribution in [-0.2, 0) is 0 Å². The van der Waals surface area contributed by atoms with Crippen molar-refractivity contribution in [1.82, 2.24) is 10.1 Å². The van der Waals surface area contributed by atoms with Crippen molar-refractivity contribution in [1.29, 1.82) is 0 Å². The SMILES string of the molecule is O=C(c1ccccc1)c1onc2cc([N+](=O)[O-])cnc12. The van der Waals surface area contributed by atoms with E-state index in [1.54, 1.807) is 30.3 Å². The van der Waals surface area contributed by atoms with Crippen molar-refractivity contribution in [3.05, 3.63) is 64.0 Å². The van der Waals surface area contributed by atoms with Crippen LogP contribution in [0.1, 0.15) is 16.1 Å². The molecule has 3 aromatic rings. The molecule has 0 aliphatic heterocycles. The molecule has 0 unspecified atom stereocenters. The van der Waals surface area contributed by atoms with Gasteiger partial charge in [0, 0.05) is 11.6 Å². The molecule has 7 heteroatoms. The van der Waals surface area contributed by atoms with E-state index in [0.717, 1.165) is 6.20 Å². The molecule has 0 saturated carbocycles. The molecule has 0 spiro atoms. The topological polar surface area (TPSA) is 99.1 Å². The maximum absolute atomic E-state index is 12.2. The Hall–Kier alpha value is -3.09. The highest BCUT2D eigenvalue weighted by Gasteiger charge is 2.21. The number of benzene rings is 1. The molecule has 0 amide bonds. The number of nitro groups is 1. The number of aromatic nitrogens is 2. The molecule has 0 radical (unpaired) electrons. The van der Waals surface area contributed by atoms with E-state index in [4.69, 9.17) is 4.52 Å². The summed E-state index contributed by atoms with van der Waals surface area (Å²) in [7, 11) is 0. The molecule has 0 aliphatic carbocycles. The van der Waals surface area contributed by atoms with Crippen molar-refractivity contribution in [2.75, 3.05) is 0 Å². The lowest BCUT2D eigenvalue weighted by Crippen LogP contribution is -2.00. The molecule has 3 rings (SSSR count). The van der Waals surface area contributed by atoms with Gasteiger partial charge >= 0.3 is 0 Å². The van der Waals surface area contributed by atoms with Gasteiger partial charge in [0.05, 0.1) is 4.92 Å². The molecule has 98 valence electrons. The summed E-state index contributed by atoms with van der Waals surface area (Å²) in [5.41, 5.74) is 0.623. The van der Waals surface area contributed by atoms with E-state index in [-0.39, 0.29) is 28.3 Å². The minimum absolute atomic E-state index is 0.0268. The van der Waals surface area contributed by atoms with Gasteiger partial charge in [-0.05, 0) is 0 Å². The van der Waals surface area contributed by atoms with Crippen molar-refractivity contribution < 1.29 is 14.2 Å². The summed E-state index contributed by atoms with van der Waals surface area (Å²) in [4.78, 5) is 26.2. The van der Waals surface area contributed by atoms with E-state index in [2.05, 4.69) is 10.1 Å². The molecular formula is C13H7N3O4. The van der Waals surface area contributed by atoms with Crippen LogP contribution in [0.25, 0.3) is 11.0 Å². The van der Waals surface area contributed by atoms with Crippen LogP contribution in [0.2, 0.25) is 0 Å².